The molecule has 0 aliphatic heterocycles. The molecule has 120 valence electrons. The summed E-state index contributed by atoms with van der Waals surface area (Å²) < 4.78 is 26.7. The maximum atomic E-state index is 11.5. The molecule has 0 radical (unpaired) electrons. The quantitative estimate of drug-likeness (QED) is 0.428. The summed E-state index contributed by atoms with van der Waals surface area (Å²) in [6, 6.07) is 5.81. The minimum atomic E-state index is -3.72. The fourth-order valence-electron chi connectivity index (χ4n) is 1.55. The van der Waals surface area contributed by atoms with Crippen molar-refractivity contribution in [1.29, 1.82) is 0 Å². The molecule has 1 aromatic rings. The van der Waals surface area contributed by atoms with E-state index in [-0.39, 0.29) is 23.2 Å². The zero-order chi connectivity index (χ0) is 16.6. The fourth-order valence-corrected chi connectivity index (χ4v) is 2.06. The summed E-state index contributed by atoms with van der Waals surface area (Å²) in [4.78, 5) is 22.4. The molecule has 0 spiro atoms. The third-order valence-electron chi connectivity index (χ3n) is 2.72. The molecule has 0 saturated heterocycles. The third kappa shape index (κ3) is 6.51. The molecule has 1 rings (SSSR count). The zero-order valence-corrected chi connectivity index (χ0v) is 12.9. The highest BCUT2D eigenvalue weighted by atomic mass is 32.2. The number of sulfonamides is 1. The van der Waals surface area contributed by atoms with Gasteiger partial charge in [-0.25, -0.2) is 13.6 Å². The van der Waals surface area contributed by atoms with E-state index >= 15 is 0 Å². The number of hydrogen-bond acceptors (Lipinski definition) is 5. The lowest BCUT2D eigenvalue weighted by Gasteiger charge is -2.01. The Labute approximate surface area is 129 Å². The molecule has 0 saturated carbocycles. The van der Waals surface area contributed by atoms with E-state index in [0.29, 0.717) is 18.5 Å². The summed E-state index contributed by atoms with van der Waals surface area (Å²) >= 11 is 0. The van der Waals surface area contributed by atoms with E-state index in [2.05, 4.69) is 10.1 Å². The largest absolute Gasteiger partial charge is 0.469 e. The van der Waals surface area contributed by atoms with E-state index in [1.807, 2.05) is 0 Å². The van der Waals surface area contributed by atoms with Gasteiger partial charge >= 0.3 is 5.97 Å². The van der Waals surface area contributed by atoms with E-state index < -0.39 is 10.0 Å². The molecule has 0 fully saturated rings. The van der Waals surface area contributed by atoms with Crippen molar-refractivity contribution in [3.05, 3.63) is 35.9 Å². The molecule has 0 bridgehead atoms. The molecule has 1 amide bonds. The third-order valence-corrected chi connectivity index (χ3v) is 3.65. The second-order valence-corrected chi connectivity index (χ2v) is 5.98. The van der Waals surface area contributed by atoms with Gasteiger partial charge in [0, 0.05) is 19.0 Å². The molecule has 8 heteroatoms. The first kappa shape index (κ1) is 17.9. The van der Waals surface area contributed by atoms with Crippen LogP contribution in [0.25, 0.3) is 6.08 Å². The van der Waals surface area contributed by atoms with Gasteiger partial charge in [-0.1, -0.05) is 12.1 Å². The van der Waals surface area contributed by atoms with Crippen LogP contribution >= 0.6 is 0 Å². The Morgan fingerprint density at radius 1 is 1.27 bits per heavy atom. The Morgan fingerprint density at radius 2 is 1.91 bits per heavy atom. The second-order valence-electron chi connectivity index (χ2n) is 4.42. The summed E-state index contributed by atoms with van der Waals surface area (Å²) in [5, 5.41) is 7.60. The van der Waals surface area contributed by atoms with Gasteiger partial charge in [0.25, 0.3) is 0 Å². The van der Waals surface area contributed by atoms with Gasteiger partial charge in [0.1, 0.15) is 0 Å². The molecule has 0 aliphatic rings. The lowest BCUT2D eigenvalue weighted by molar-refractivity contribution is -0.140. The van der Waals surface area contributed by atoms with E-state index in [1.54, 1.807) is 18.2 Å². The van der Waals surface area contributed by atoms with E-state index in [9.17, 15) is 18.0 Å². The van der Waals surface area contributed by atoms with Gasteiger partial charge in [0.2, 0.25) is 15.9 Å². The van der Waals surface area contributed by atoms with E-state index in [1.165, 1.54) is 25.3 Å². The van der Waals surface area contributed by atoms with Crippen LogP contribution in [0.4, 0.5) is 0 Å². The number of carbonyl (C=O) groups excluding carboxylic acids is 2. The first-order chi connectivity index (χ1) is 10.3. The number of methoxy groups -OCH3 is 1. The van der Waals surface area contributed by atoms with Crippen LogP contribution in [-0.2, 0) is 24.3 Å². The molecule has 0 unspecified atom stereocenters. The molecule has 0 aromatic heterocycles. The normalized spacial score (nSPS) is 11.4. The summed E-state index contributed by atoms with van der Waals surface area (Å²) in [7, 11) is -2.41. The monoisotopic (exact) mass is 326 g/mol. The number of nitrogens with two attached hydrogens (primary N) is 1. The van der Waals surface area contributed by atoms with Crippen LogP contribution in [0.1, 0.15) is 18.4 Å². The van der Waals surface area contributed by atoms with Crippen molar-refractivity contribution in [2.75, 3.05) is 13.7 Å². The predicted octanol–water partition coefficient (Wildman–Crippen LogP) is 0.417. The van der Waals surface area contributed by atoms with E-state index in [0.717, 1.165) is 0 Å². The van der Waals surface area contributed by atoms with Gasteiger partial charge in [-0.3, -0.25) is 9.59 Å². The summed E-state index contributed by atoms with van der Waals surface area (Å²) in [5.41, 5.74) is 0.664. The highest BCUT2D eigenvalue weighted by Gasteiger charge is 2.06. The number of ether oxygens (including phenoxy) is 1. The van der Waals surface area contributed by atoms with Crippen molar-refractivity contribution >= 4 is 28.0 Å². The molecule has 0 heterocycles. The molecular formula is C14H18N2O5S. The number of hydrogen-bond donors (Lipinski definition) is 2. The van der Waals surface area contributed by atoms with Gasteiger partial charge < -0.3 is 10.1 Å². The van der Waals surface area contributed by atoms with Crippen LogP contribution < -0.4 is 10.5 Å². The number of esters is 1. The predicted molar refractivity (Wildman–Crippen MR) is 81.1 cm³/mol. The fraction of sp³-hybridized carbons (Fsp3) is 0.286. The van der Waals surface area contributed by atoms with Crippen LogP contribution in [0.3, 0.4) is 0 Å². The molecule has 0 atom stereocenters. The van der Waals surface area contributed by atoms with Crippen LogP contribution in [0, 0.1) is 0 Å². The standard InChI is InChI=1S/C14H18N2O5S/c1-21-14(18)3-2-10-16-13(17)9-6-11-4-7-12(8-5-11)22(15,19)20/h4-9H,2-3,10H2,1H3,(H,16,17)(H2,15,19,20). The smallest absolute Gasteiger partial charge is 0.305 e. The Bertz CT molecular complexity index is 650. The number of nitrogens with one attached hydrogen (secondary N) is 1. The average Bonchev–Trinajstić information content (AvgIpc) is 2.48. The highest BCUT2D eigenvalue weighted by molar-refractivity contribution is 7.89. The molecule has 7 nitrogen and oxygen atoms in total. The van der Waals surface area contributed by atoms with Crippen LogP contribution in [-0.4, -0.2) is 33.9 Å². The highest BCUT2D eigenvalue weighted by Crippen LogP contribution is 2.09. The minimum Gasteiger partial charge on any atom is -0.469 e. The maximum Gasteiger partial charge on any atom is 0.305 e. The second kappa shape index (κ2) is 8.30. The molecular weight excluding hydrogens is 308 g/mol. The summed E-state index contributed by atoms with van der Waals surface area (Å²) in [6.07, 6.45) is 3.61. The van der Waals surface area contributed by atoms with Crippen LogP contribution in [0.5, 0.6) is 0 Å². The van der Waals surface area contributed by atoms with Crippen LogP contribution in [0.2, 0.25) is 0 Å². The van der Waals surface area contributed by atoms with Gasteiger partial charge in [-0.05, 0) is 30.2 Å². The molecule has 3 N–H and O–H groups in total. The molecule has 22 heavy (non-hydrogen) atoms. The van der Waals surface area contributed by atoms with E-state index in [4.69, 9.17) is 5.14 Å². The van der Waals surface area contributed by atoms with Crippen molar-refractivity contribution < 1.29 is 22.7 Å². The van der Waals surface area contributed by atoms with Crippen LogP contribution in [0.15, 0.2) is 35.2 Å². The number of carbonyl (C=O) groups is 2. The maximum absolute atomic E-state index is 11.5. The van der Waals surface area contributed by atoms with Crippen molar-refractivity contribution in [2.24, 2.45) is 5.14 Å². The lowest BCUT2D eigenvalue weighted by Crippen LogP contribution is -2.22. The zero-order valence-electron chi connectivity index (χ0n) is 12.1. The molecule has 0 aliphatic carbocycles. The Hall–Kier alpha value is -2.19. The Morgan fingerprint density at radius 3 is 2.45 bits per heavy atom. The summed E-state index contributed by atoms with van der Waals surface area (Å²) in [5.74, 6) is -0.625. The van der Waals surface area contributed by atoms with Gasteiger partial charge in [-0.2, -0.15) is 0 Å². The summed E-state index contributed by atoms with van der Waals surface area (Å²) in [6.45, 7) is 0.364. The van der Waals surface area contributed by atoms with Crippen molar-refractivity contribution in [2.45, 2.75) is 17.7 Å². The lowest BCUT2D eigenvalue weighted by atomic mass is 10.2. The van der Waals surface area contributed by atoms with Gasteiger partial charge in [-0.15, -0.1) is 0 Å². The van der Waals surface area contributed by atoms with Crippen molar-refractivity contribution in [1.82, 2.24) is 5.32 Å². The van der Waals surface area contributed by atoms with Gasteiger partial charge in [0.15, 0.2) is 0 Å². The minimum absolute atomic E-state index is 0.0110. The average molecular weight is 326 g/mol. The van der Waals surface area contributed by atoms with Crippen molar-refractivity contribution in [3.8, 4) is 0 Å². The number of rotatable bonds is 7. The topological polar surface area (TPSA) is 116 Å². The number of amides is 1. The number of primary sulfonamides is 1. The SMILES string of the molecule is COC(=O)CCCNC(=O)C=Cc1ccc(S(N)(=O)=O)cc1. The first-order valence-electron chi connectivity index (χ1n) is 6.48. The number of benzene rings is 1. The first-order valence-corrected chi connectivity index (χ1v) is 8.03. The molecule has 1 aromatic carbocycles. The Balaban J connectivity index is 2.44. The van der Waals surface area contributed by atoms with Gasteiger partial charge in [0.05, 0.1) is 12.0 Å². The Kier molecular flexibility index (Phi) is 6.74. The van der Waals surface area contributed by atoms with Crippen molar-refractivity contribution in [3.63, 3.8) is 0 Å².